The normalized spacial score (nSPS) is 21.8. The highest BCUT2D eigenvalue weighted by atomic mass is 19.1. The van der Waals surface area contributed by atoms with Crippen molar-refractivity contribution in [2.45, 2.75) is 38.8 Å². The third kappa shape index (κ3) is 2.97. The van der Waals surface area contributed by atoms with Gasteiger partial charge in [0, 0.05) is 36.9 Å². The highest BCUT2D eigenvalue weighted by Crippen LogP contribution is 2.45. The topological polar surface area (TPSA) is 83.8 Å². The van der Waals surface area contributed by atoms with Crippen LogP contribution in [0.15, 0.2) is 11.0 Å². The van der Waals surface area contributed by atoms with E-state index in [0.717, 1.165) is 12.8 Å². The third-order valence-electron chi connectivity index (χ3n) is 6.25. The van der Waals surface area contributed by atoms with Crippen LogP contribution in [-0.4, -0.2) is 48.9 Å². The Morgan fingerprint density at radius 3 is 2.55 bits per heavy atom. The fourth-order valence-electron chi connectivity index (χ4n) is 4.51. The number of fused-ring (bicyclic) bond motifs is 1. The van der Waals surface area contributed by atoms with Crippen LogP contribution in [0.2, 0.25) is 0 Å². The number of carbonyl (C=O) groups is 1. The molecule has 1 saturated heterocycles. The number of hydrogen-bond donors (Lipinski definition) is 2. The number of likely N-dealkylation sites (N-methyl/N-ethyl adjacent to an activating group) is 1. The zero-order valence-corrected chi connectivity index (χ0v) is 17.1. The standard InChI is InChI=1S/C21H26FN3O4/c1-10-7-24(9-14(10)23-3)18-16(22)11(2)15-17(20(18)29-4)25(12-5-6-12)8-13(19(15)26)21(27)28/h8,10,12,14,23H,5-7,9H2,1-4H3,(H,27,28). The Morgan fingerprint density at radius 2 is 2.03 bits per heavy atom. The third-order valence-corrected chi connectivity index (χ3v) is 6.25. The zero-order chi connectivity index (χ0) is 21.0. The van der Waals surface area contributed by atoms with Crippen molar-refractivity contribution in [2.24, 2.45) is 5.92 Å². The number of ether oxygens (including phenoxy) is 1. The predicted molar refractivity (Wildman–Crippen MR) is 109 cm³/mol. The van der Waals surface area contributed by atoms with Crippen molar-refractivity contribution in [3.63, 3.8) is 0 Å². The maximum absolute atomic E-state index is 15.6. The van der Waals surface area contributed by atoms with Gasteiger partial charge in [0.2, 0.25) is 5.43 Å². The van der Waals surface area contributed by atoms with Crippen molar-refractivity contribution in [1.29, 1.82) is 0 Å². The van der Waals surface area contributed by atoms with Crippen molar-refractivity contribution in [3.8, 4) is 5.75 Å². The van der Waals surface area contributed by atoms with Crippen molar-refractivity contribution >= 4 is 22.6 Å². The van der Waals surface area contributed by atoms with Crippen LogP contribution in [0, 0.1) is 18.7 Å². The molecule has 1 saturated carbocycles. The molecule has 8 heteroatoms. The molecule has 0 amide bonds. The van der Waals surface area contributed by atoms with E-state index in [-0.39, 0.29) is 28.6 Å². The molecule has 29 heavy (non-hydrogen) atoms. The SMILES string of the molecule is CNC1CN(c2c(F)c(C)c3c(=O)c(C(=O)O)cn(C4CC4)c3c2OC)CC1C. The first-order valence-corrected chi connectivity index (χ1v) is 9.90. The fraction of sp³-hybridized carbons (Fsp3) is 0.524. The molecule has 156 valence electrons. The van der Waals surface area contributed by atoms with Gasteiger partial charge in [0.25, 0.3) is 0 Å². The number of carboxylic acid groups (broad SMARTS) is 1. The van der Waals surface area contributed by atoms with Crippen molar-refractivity contribution in [2.75, 3.05) is 32.1 Å². The van der Waals surface area contributed by atoms with Crippen LogP contribution >= 0.6 is 0 Å². The Bertz CT molecular complexity index is 1060. The molecule has 0 bridgehead atoms. The van der Waals surface area contributed by atoms with Crippen LogP contribution in [0.4, 0.5) is 10.1 Å². The van der Waals surface area contributed by atoms with Crippen LogP contribution in [0.1, 0.15) is 41.7 Å². The molecule has 2 aliphatic rings. The molecule has 4 rings (SSSR count). The Labute approximate surface area is 168 Å². The number of aromatic nitrogens is 1. The molecule has 0 spiro atoms. The minimum atomic E-state index is -1.31. The quantitative estimate of drug-likeness (QED) is 0.798. The smallest absolute Gasteiger partial charge is 0.341 e. The molecule has 2 fully saturated rings. The summed E-state index contributed by atoms with van der Waals surface area (Å²) in [6, 6.07) is 0.306. The molecule has 7 nitrogen and oxygen atoms in total. The van der Waals surface area contributed by atoms with Gasteiger partial charge in [0.1, 0.15) is 11.3 Å². The highest BCUT2D eigenvalue weighted by molar-refractivity contribution is 5.99. The van der Waals surface area contributed by atoms with Gasteiger partial charge >= 0.3 is 5.97 Å². The number of halogens is 1. The summed E-state index contributed by atoms with van der Waals surface area (Å²) in [6.07, 6.45) is 3.15. The molecule has 1 aliphatic carbocycles. The summed E-state index contributed by atoms with van der Waals surface area (Å²) in [7, 11) is 3.36. The summed E-state index contributed by atoms with van der Waals surface area (Å²) in [5.41, 5.74) is -0.0161. The highest BCUT2D eigenvalue weighted by Gasteiger charge is 2.36. The van der Waals surface area contributed by atoms with E-state index in [0.29, 0.717) is 36.0 Å². The molecule has 2 unspecified atom stereocenters. The average Bonchev–Trinajstić information content (AvgIpc) is 3.46. The first kappa shape index (κ1) is 19.7. The van der Waals surface area contributed by atoms with Gasteiger partial charge in [-0.3, -0.25) is 4.79 Å². The van der Waals surface area contributed by atoms with Crippen LogP contribution in [0.5, 0.6) is 5.75 Å². The van der Waals surface area contributed by atoms with Crippen molar-refractivity contribution in [3.05, 3.63) is 33.4 Å². The first-order valence-electron chi connectivity index (χ1n) is 9.90. The molecular formula is C21H26FN3O4. The number of anilines is 1. The van der Waals surface area contributed by atoms with E-state index in [1.165, 1.54) is 13.3 Å². The number of pyridine rings is 1. The van der Waals surface area contributed by atoms with E-state index in [9.17, 15) is 14.7 Å². The van der Waals surface area contributed by atoms with Crippen LogP contribution in [0.3, 0.4) is 0 Å². The van der Waals surface area contributed by atoms with E-state index in [1.807, 2.05) is 11.9 Å². The van der Waals surface area contributed by atoms with Gasteiger partial charge in [-0.15, -0.1) is 0 Å². The minimum absolute atomic E-state index is 0.0883. The molecule has 1 aromatic carbocycles. The number of carboxylic acids is 1. The van der Waals surface area contributed by atoms with Gasteiger partial charge in [-0.1, -0.05) is 6.92 Å². The zero-order valence-electron chi connectivity index (χ0n) is 17.1. The number of hydrogen-bond acceptors (Lipinski definition) is 5. The lowest BCUT2D eigenvalue weighted by atomic mass is 10.0. The predicted octanol–water partition coefficient (Wildman–Crippen LogP) is 2.53. The molecule has 2 atom stereocenters. The van der Waals surface area contributed by atoms with Crippen LogP contribution in [-0.2, 0) is 0 Å². The van der Waals surface area contributed by atoms with Gasteiger partial charge in [0.15, 0.2) is 11.6 Å². The summed E-state index contributed by atoms with van der Waals surface area (Å²) in [5, 5.41) is 12.9. The van der Waals surface area contributed by atoms with Crippen LogP contribution < -0.4 is 20.4 Å². The number of nitrogens with one attached hydrogen (secondary N) is 1. The summed E-state index contributed by atoms with van der Waals surface area (Å²) in [5.74, 6) is -1.22. The lowest BCUT2D eigenvalue weighted by Crippen LogP contribution is -2.32. The molecule has 1 aliphatic heterocycles. The molecule has 2 heterocycles. The van der Waals surface area contributed by atoms with Gasteiger partial charge in [-0.25, -0.2) is 9.18 Å². The van der Waals surface area contributed by atoms with E-state index in [2.05, 4.69) is 12.2 Å². The van der Waals surface area contributed by atoms with E-state index in [1.54, 1.807) is 11.5 Å². The van der Waals surface area contributed by atoms with E-state index >= 15 is 4.39 Å². The molecule has 1 aromatic heterocycles. The van der Waals surface area contributed by atoms with Gasteiger partial charge in [-0.2, -0.15) is 0 Å². The number of benzene rings is 1. The second-order valence-electron chi connectivity index (χ2n) is 8.14. The van der Waals surface area contributed by atoms with Crippen molar-refractivity contribution in [1.82, 2.24) is 9.88 Å². The maximum Gasteiger partial charge on any atom is 0.341 e. The van der Waals surface area contributed by atoms with E-state index in [4.69, 9.17) is 4.74 Å². The lowest BCUT2D eigenvalue weighted by Gasteiger charge is -2.26. The number of aromatic carboxylic acids is 1. The van der Waals surface area contributed by atoms with Crippen molar-refractivity contribution < 1.29 is 19.0 Å². The molecule has 2 aromatic rings. The largest absolute Gasteiger partial charge is 0.492 e. The number of nitrogens with zero attached hydrogens (tertiary/aromatic N) is 2. The monoisotopic (exact) mass is 403 g/mol. The summed E-state index contributed by atoms with van der Waals surface area (Å²) < 4.78 is 23.1. The summed E-state index contributed by atoms with van der Waals surface area (Å²) in [4.78, 5) is 26.5. The van der Waals surface area contributed by atoms with Gasteiger partial charge < -0.3 is 24.6 Å². The summed E-state index contributed by atoms with van der Waals surface area (Å²) >= 11 is 0. The summed E-state index contributed by atoms with van der Waals surface area (Å²) in [6.45, 7) is 4.93. The van der Waals surface area contributed by atoms with Gasteiger partial charge in [0.05, 0.1) is 18.0 Å². The fourth-order valence-corrected chi connectivity index (χ4v) is 4.51. The molecule has 2 N–H and O–H groups in total. The Balaban J connectivity index is 2.06. The number of rotatable bonds is 5. The second kappa shape index (κ2) is 7.02. The van der Waals surface area contributed by atoms with Crippen LogP contribution in [0.25, 0.3) is 10.9 Å². The minimum Gasteiger partial charge on any atom is -0.492 e. The Hall–Kier alpha value is -2.61. The van der Waals surface area contributed by atoms with E-state index < -0.39 is 17.2 Å². The molecule has 0 radical (unpaired) electrons. The average molecular weight is 403 g/mol. The molecular weight excluding hydrogens is 377 g/mol. The Kier molecular flexibility index (Phi) is 4.77. The Morgan fingerprint density at radius 1 is 1.34 bits per heavy atom. The number of methoxy groups -OCH3 is 1. The van der Waals surface area contributed by atoms with Gasteiger partial charge in [-0.05, 0) is 32.7 Å². The lowest BCUT2D eigenvalue weighted by molar-refractivity contribution is 0.0695. The second-order valence-corrected chi connectivity index (χ2v) is 8.14. The first-order chi connectivity index (χ1) is 13.8. The number of aryl methyl sites for hydroxylation is 1. The maximum atomic E-state index is 15.6.